The third-order valence-electron chi connectivity index (χ3n) is 3.51. The molecule has 3 heteroatoms. The van der Waals surface area contributed by atoms with Crippen molar-refractivity contribution in [2.45, 2.75) is 53.2 Å². The van der Waals surface area contributed by atoms with Crippen LogP contribution in [0.1, 0.15) is 45.6 Å². The van der Waals surface area contributed by atoms with Crippen molar-refractivity contribution in [2.75, 3.05) is 13.6 Å². The zero-order valence-electron chi connectivity index (χ0n) is 12.5. The molecule has 0 radical (unpaired) electrons. The lowest BCUT2D eigenvalue weighted by molar-refractivity contribution is 0.185. The van der Waals surface area contributed by atoms with Crippen LogP contribution in [0.3, 0.4) is 0 Å². The maximum absolute atomic E-state index is 5.83. The number of furan rings is 1. The maximum atomic E-state index is 5.83. The lowest BCUT2D eigenvalue weighted by Gasteiger charge is -2.26. The summed E-state index contributed by atoms with van der Waals surface area (Å²) >= 11 is 0. The van der Waals surface area contributed by atoms with Gasteiger partial charge in [0.1, 0.15) is 11.5 Å². The second kappa shape index (κ2) is 7.59. The maximum Gasteiger partial charge on any atom is 0.118 e. The van der Waals surface area contributed by atoms with Crippen LogP contribution in [0.4, 0.5) is 0 Å². The summed E-state index contributed by atoms with van der Waals surface area (Å²) in [6, 6.07) is 4.73. The van der Waals surface area contributed by atoms with Gasteiger partial charge in [0.15, 0.2) is 0 Å². The molecule has 0 amide bonds. The molecule has 0 aliphatic rings. The van der Waals surface area contributed by atoms with E-state index in [1.54, 1.807) is 0 Å². The summed E-state index contributed by atoms with van der Waals surface area (Å²) in [5, 5.41) is 3.35. The number of hydrogen-bond donors (Lipinski definition) is 1. The fourth-order valence-electron chi connectivity index (χ4n) is 1.89. The first kappa shape index (κ1) is 15.3. The Kier molecular flexibility index (Phi) is 6.44. The first-order valence-corrected chi connectivity index (χ1v) is 7.03. The van der Waals surface area contributed by atoms with Crippen LogP contribution in [0, 0.1) is 5.92 Å². The zero-order valence-corrected chi connectivity index (χ0v) is 12.5. The second-order valence-corrected chi connectivity index (χ2v) is 5.44. The van der Waals surface area contributed by atoms with Crippen LogP contribution in [0.5, 0.6) is 0 Å². The summed E-state index contributed by atoms with van der Waals surface area (Å²) in [5.74, 6) is 2.75. The van der Waals surface area contributed by atoms with Crippen LogP contribution in [0.2, 0.25) is 0 Å². The van der Waals surface area contributed by atoms with Gasteiger partial charge in [-0.25, -0.2) is 0 Å². The molecule has 104 valence electrons. The van der Waals surface area contributed by atoms with Gasteiger partial charge < -0.3 is 9.73 Å². The van der Waals surface area contributed by atoms with Gasteiger partial charge in [-0.05, 0) is 45.0 Å². The molecule has 1 N–H and O–H groups in total. The van der Waals surface area contributed by atoms with E-state index in [9.17, 15) is 0 Å². The van der Waals surface area contributed by atoms with E-state index in [1.165, 1.54) is 0 Å². The van der Waals surface area contributed by atoms with Crippen molar-refractivity contribution < 1.29 is 4.42 Å². The van der Waals surface area contributed by atoms with E-state index in [4.69, 9.17) is 4.42 Å². The molecular weight excluding hydrogens is 224 g/mol. The minimum absolute atomic E-state index is 0.566. The smallest absolute Gasteiger partial charge is 0.118 e. The van der Waals surface area contributed by atoms with Crippen LogP contribution in [-0.2, 0) is 13.1 Å². The highest BCUT2D eigenvalue weighted by Gasteiger charge is 2.14. The van der Waals surface area contributed by atoms with Crippen LogP contribution >= 0.6 is 0 Å². The van der Waals surface area contributed by atoms with Crippen LogP contribution in [0.15, 0.2) is 16.5 Å². The first-order chi connectivity index (χ1) is 8.54. The van der Waals surface area contributed by atoms with Gasteiger partial charge in [-0.3, -0.25) is 4.90 Å². The third-order valence-corrected chi connectivity index (χ3v) is 3.51. The Bertz CT molecular complexity index is 333. The van der Waals surface area contributed by atoms with Crippen molar-refractivity contribution in [3.8, 4) is 0 Å². The van der Waals surface area contributed by atoms with Crippen molar-refractivity contribution in [3.05, 3.63) is 23.7 Å². The fraction of sp³-hybridized carbons (Fsp3) is 0.733. The van der Waals surface area contributed by atoms with E-state index in [2.05, 4.69) is 57.1 Å². The average molecular weight is 252 g/mol. The number of nitrogens with one attached hydrogen (secondary N) is 1. The van der Waals surface area contributed by atoms with Gasteiger partial charge in [0, 0.05) is 6.04 Å². The summed E-state index contributed by atoms with van der Waals surface area (Å²) in [6.07, 6.45) is 1.15. The lowest BCUT2D eigenvalue weighted by Crippen LogP contribution is -2.32. The second-order valence-electron chi connectivity index (χ2n) is 5.44. The van der Waals surface area contributed by atoms with Crippen LogP contribution in [-0.4, -0.2) is 24.5 Å². The SMILES string of the molecule is CCCNCc1ccc(CN(C)C(C)C(C)C)o1. The van der Waals surface area contributed by atoms with Crippen molar-refractivity contribution in [1.82, 2.24) is 10.2 Å². The minimum atomic E-state index is 0.566. The highest BCUT2D eigenvalue weighted by Crippen LogP contribution is 2.14. The van der Waals surface area contributed by atoms with Crippen LogP contribution < -0.4 is 5.32 Å². The number of rotatable bonds is 8. The van der Waals surface area contributed by atoms with Crippen molar-refractivity contribution >= 4 is 0 Å². The minimum Gasteiger partial charge on any atom is -0.463 e. The largest absolute Gasteiger partial charge is 0.463 e. The highest BCUT2D eigenvalue weighted by atomic mass is 16.3. The van der Waals surface area contributed by atoms with E-state index in [0.717, 1.165) is 37.6 Å². The Balaban J connectivity index is 2.43. The Morgan fingerprint density at radius 1 is 1.22 bits per heavy atom. The molecule has 1 rings (SSSR count). The molecular formula is C15H28N2O. The van der Waals surface area contributed by atoms with Gasteiger partial charge >= 0.3 is 0 Å². The van der Waals surface area contributed by atoms with E-state index in [1.807, 2.05) is 0 Å². The molecule has 1 aromatic heterocycles. The fourth-order valence-corrected chi connectivity index (χ4v) is 1.89. The zero-order chi connectivity index (χ0) is 13.5. The van der Waals surface area contributed by atoms with E-state index in [-0.39, 0.29) is 0 Å². The van der Waals surface area contributed by atoms with Gasteiger partial charge in [0.25, 0.3) is 0 Å². The van der Waals surface area contributed by atoms with Crippen LogP contribution in [0.25, 0.3) is 0 Å². The molecule has 3 nitrogen and oxygen atoms in total. The summed E-state index contributed by atoms with van der Waals surface area (Å²) in [6.45, 7) is 11.7. The predicted octanol–water partition coefficient (Wildman–Crippen LogP) is 3.26. The molecule has 1 atom stereocenters. The number of nitrogens with zero attached hydrogens (tertiary/aromatic N) is 1. The molecule has 0 aliphatic heterocycles. The van der Waals surface area contributed by atoms with Gasteiger partial charge in [-0.1, -0.05) is 20.8 Å². The normalized spacial score (nSPS) is 13.5. The van der Waals surface area contributed by atoms with Gasteiger partial charge in [-0.2, -0.15) is 0 Å². The molecule has 0 saturated carbocycles. The molecule has 0 aliphatic carbocycles. The quantitative estimate of drug-likeness (QED) is 0.720. The lowest BCUT2D eigenvalue weighted by atomic mass is 10.1. The van der Waals surface area contributed by atoms with Crippen molar-refractivity contribution in [3.63, 3.8) is 0 Å². The Morgan fingerprint density at radius 3 is 2.50 bits per heavy atom. The Morgan fingerprint density at radius 2 is 1.89 bits per heavy atom. The highest BCUT2D eigenvalue weighted by molar-refractivity contribution is 5.07. The molecule has 0 bridgehead atoms. The molecule has 1 heterocycles. The van der Waals surface area contributed by atoms with E-state index < -0.39 is 0 Å². The van der Waals surface area contributed by atoms with Crippen molar-refractivity contribution in [2.24, 2.45) is 5.92 Å². The van der Waals surface area contributed by atoms with Gasteiger partial charge in [0.05, 0.1) is 13.1 Å². The summed E-state index contributed by atoms with van der Waals surface area (Å²) in [4.78, 5) is 2.34. The van der Waals surface area contributed by atoms with E-state index >= 15 is 0 Å². The number of hydrogen-bond acceptors (Lipinski definition) is 3. The molecule has 0 saturated heterocycles. The summed E-state index contributed by atoms with van der Waals surface area (Å²) < 4.78 is 5.83. The molecule has 0 spiro atoms. The molecule has 0 fully saturated rings. The standard InChI is InChI=1S/C15H28N2O/c1-6-9-16-10-14-7-8-15(18-14)11-17(5)13(4)12(2)3/h7-8,12-13,16H,6,9-11H2,1-5H3. The first-order valence-electron chi connectivity index (χ1n) is 7.03. The summed E-state index contributed by atoms with van der Waals surface area (Å²) in [7, 11) is 2.15. The monoisotopic (exact) mass is 252 g/mol. The molecule has 18 heavy (non-hydrogen) atoms. The van der Waals surface area contributed by atoms with Crippen molar-refractivity contribution in [1.29, 1.82) is 0 Å². The Hall–Kier alpha value is -0.800. The van der Waals surface area contributed by atoms with Gasteiger partial charge in [0.2, 0.25) is 0 Å². The average Bonchev–Trinajstić information content (AvgIpc) is 2.76. The summed E-state index contributed by atoms with van der Waals surface area (Å²) in [5.41, 5.74) is 0. The van der Waals surface area contributed by atoms with Gasteiger partial charge in [-0.15, -0.1) is 0 Å². The molecule has 1 unspecified atom stereocenters. The van der Waals surface area contributed by atoms with E-state index in [0.29, 0.717) is 12.0 Å². The predicted molar refractivity (Wildman–Crippen MR) is 76.5 cm³/mol. The molecule has 0 aromatic carbocycles. The topological polar surface area (TPSA) is 28.4 Å². The molecule has 1 aromatic rings. The Labute approximate surface area is 112 Å². The third kappa shape index (κ3) is 4.83.